The first kappa shape index (κ1) is 33.7. The Bertz CT molecular complexity index is 630. The van der Waals surface area contributed by atoms with Crippen molar-refractivity contribution in [2.24, 2.45) is 5.73 Å². The fourth-order valence-corrected chi connectivity index (χ4v) is 3.90. The van der Waals surface area contributed by atoms with Crippen molar-refractivity contribution in [2.45, 2.75) is 109 Å². The maximum Gasteiger partial charge on any atom is 0.472 e. The first-order valence-electron chi connectivity index (χ1n) is 12.8. The molecule has 11 heteroatoms. The molecule has 0 aliphatic heterocycles. The molecule has 1 unspecified atom stereocenters. The minimum atomic E-state index is -4.58. The molecule has 35 heavy (non-hydrogen) atoms. The maximum absolute atomic E-state index is 11.7. The van der Waals surface area contributed by atoms with E-state index in [1.54, 1.807) is 0 Å². The standard InChI is InChI=1S/C24H46NO9P/c1-2-3-4-5-6-7-8-9-10-11-12-13-14-15-16-17-23(27)32-18-21(26)19-33-35(30,31)34-20-22(25)24(28)29/h9-10,21-22,26H,2-8,11-20,25H2,1H3,(H,28,29)(H,30,31)/t21-,22+/m1/s1. The van der Waals surface area contributed by atoms with Gasteiger partial charge in [0.1, 0.15) is 18.8 Å². The lowest BCUT2D eigenvalue weighted by atomic mass is 10.1. The number of allylic oxidation sites excluding steroid dienone is 2. The summed E-state index contributed by atoms with van der Waals surface area (Å²) in [6.45, 7) is 0.482. The smallest absolute Gasteiger partial charge is 0.472 e. The van der Waals surface area contributed by atoms with Crippen LogP contribution in [0.1, 0.15) is 96.8 Å². The van der Waals surface area contributed by atoms with E-state index in [4.69, 9.17) is 15.6 Å². The summed E-state index contributed by atoms with van der Waals surface area (Å²) in [5.74, 6) is -1.86. The highest BCUT2D eigenvalue weighted by Crippen LogP contribution is 2.43. The molecule has 0 aromatic heterocycles. The average Bonchev–Trinajstić information content (AvgIpc) is 2.82. The van der Waals surface area contributed by atoms with Gasteiger partial charge in [0, 0.05) is 6.42 Å². The number of hydrogen-bond donors (Lipinski definition) is 4. The third kappa shape index (κ3) is 22.9. The summed E-state index contributed by atoms with van der Waals surface area (Å²) in [4.78, 5) is 31.7. The van der Waals surface area contributed by atoms with Gasteiger partial charge in [-0.15, -0.1) is 0 Å². The number of aliphatic hydroxyl groups excluding tert-OH is 1. The number of aliphatic carboxylic acids is 1. The van der Waals surface area contributed by atoms with Gasteiger partial charge in [-0.3, -0.25) is 18.6 Å². The van der Waals surface area contributed by atoms with Crippen LogP contribution in [0.5, 0.6) is 0 Å². The summed E-state index contributed by atoms with van der Waals surface area (Å²) in [5, 5.41) is 18.3. The summed E-state index contributed by atoms with van der Waals surface area (Å²) in [6, 6.07) is -1.48. The Kier molecular flexibility index (Phi) is 21.1. The van der Waals surface area contributed by atoms with Crippen molar-refractivity contribution in [1.29, 1.82) is 0 Å². The number of carbonyl (C=O) groups excluding carboxylic acids is 1. The molecule has 0 saturated heterocycles. The highest BCUT2D eigenvalue weighted by atomic mass is 31.2. The number of hydrogen-bond acceptors (Lipinski definition) is 8. The molecule has 3 atom stereocenters. The molecule has 0 radical (unpaired) electrons. The lowest BCUT2D eigenvalue weighted by Crippen LogP contribution is -2.34. The third-order valence-electron chi connectivity index (χ3n) is 5.24. The van der Waals surface area contributed by atoms with E-state index in [2.05, 4.69) is 28.1 Å². The van der Waals surface area contributed by atoms with Gasteiger partial charge in [0.05, 0.1) is 13.2 Å². The Morgan fingerprint density at radius 2 is 1.37 bits per heavy atom. The van der Waals surface area contributed by atoms with Gasteiger partial charge < -0.3 is 25.6 Å². The first-order valence-corrected chi connectivity index (χ1v) is 14.3. The molecule has 206 valence electrons. The quantitative estimate of drug-likeness (QED) is 0.0613. The molecule has 0 bridgehead atoms. The SMILES string of the molecule is CCCCCCCCC=CCCCCCCCC(=O)OC[C@@H](O)COP(=O)(O)OC[C@H](N)C(=O)O. The van der Waals surface area contributed by atoms with E-state index in [9.17, 15) is 24.2 Å². The summed E-state index contributed by atoms with van der Waals surface area (Å²) >= 11 is 0. The normalized spacial score (nSPS) is 15.1. The second kappa shape index (κ2) is 21.9. The first-order chi connectivity index (χ1) is 16.7. The zero-order valence-electron chi connectivity index (χ0n) is 21.1. The van der Waals surface area contributed by atoms with Gasteiger partial charge >= 0.3 is 19.8 Å². The van der Waals surface area contributed by atoms with Crippen LogP contribution in [-0.4, -0.2) is 59.0 Å². The molecule has 5 N–H and O–H groups in total. The van der Waals surface area contributed by atoms with E-state index < -0.39 is 51.7 Å². The highest BCUT2D eigenvalue weighted by molar-refractivity contribution is 7.47. The summed E-state index contributed by atoms with van der Waals surface area (Å²) in [6.07, 6.45) is 18.6. The van der Waals surface area contributed by atoms with Crippen molar-refractivity contribution in [3.05, 3.63) is 12.2 Å². The van der Waals surface area contributed by atoms with E-state index in [0.717, 1.165) is 32.1 Å². The van der Waals surface area contributed by atoms with E-state index in [0.29, 0.717) is 6.42 Å². The Morgan fingerprint density at radius 1 is 0.857 bits per heavy atom. The minimum Gasteiger partial charge on any atom is -0.480 e. The molecule has 10 nitrogen and oxygen atoms in total. The van der Waals surface area contributed by atoms with Gasteiger partial charge in [-0.05, 0) is 32.1 Å². The zero-order valence-corrected chi connectivity index (χ0v) is 22.0. The minimum absolute atomic E-state index is 0.237. The number of aliphatic hydroxyl groups is 1. The van der Waals surface area contributed by atoms with Crippen molar-refractivity contribution in [1.82, 2.24) is 0 Å². The molecular weight excluding hydrogens is 477 g/mol. The molecule has 0 aliphatic rings. The number of carboxylic acid groups (broad SMARTS) is 1. The lowest BCUT2D eigenvalue weighted by Gasteiger charge is -2.16. The van der Waals surface area contributed by atoms with Crippen LogP contribution in [0.3, 0.4) is 0 Å². The second-order valence-corrected chi connectivity index (χ2v) is 10.1. The summed E-state index contributed by atoms with van der Waals surface area (Å²) < 4.78 is 25.5. The lowest BCUT2D eigenvalue weighted by molar-refractivity contribution is -0.147. The molecule has 0 saturated carbocycles. The van der Waals surface area contributed by atoms with Crippen LogP contribution in [0.25, 0.3) is 0 Å². The average molecular weight is 524 g/mol. The summed E-state index contributed by atoms with van der Waals surface area (Å²) in [7, 11) is -4.58. The number of phosphoric ester groups is 1. The van der Waals surface area contributed by atoms with Crippen LogP contribution in [0.2, 0.25) is 0 Å². The number of unbranched alkanes of at least 4 members (excludes halogenated alkanes) is 11. The number of carbonyl (C=O) groups is 2. The van der Waals surface area contributed by atoms with Gasteiger partial charge in [-0.25, -0.2) is 4.57 Å². The highest BCUT2D eigenvalue weighted by Gasteiger charge is 2.26. The monoisotopic (exact) mass is 523 g/mol. The predicted molar refractivity (Wildman–Crippen MR) is 134 cm³/mol. The number of esters is 1. The number of phosphoric acid groups is 1. The fraction of sp³-hybridized carbons (Fsp3) is 0.833. The van der Waals surface area contributed by atoms with Crippen molar-refractivity contribution in [3.8, 4) is 0 Å². The van der Waals surface area contributed by atoms with Crippen molar-refractivity contribution in [2.75, 3.05) is 19.8 Å². The predicted octanol–water partition coefficient (Wildman–Crippen LogP) is 4.47. The van der Waals surface area contributed by atoms with Gasteiger partial charge in [-0.1, -0.05) is 70.4 Å². The van der Waals surface area contributed by atoms with Gasteiger partial charge in [-0.2, -0.15) is 0 Å². The molecule has 0 heterocycles. The maximum atomic E-state index is 11.7. The molecule has 0 aromatic carbocycles. The topological polar surface area (TPSA) is 166 Å². The Balaban J connectivity index is 3.62. The molecular formula is C24H46NO9P. The Hall–Kier alpha value is -1.29. The third-order valence-corrected chi connectivity index (χ3v) is 6.19. The van der Waals surface area contributed by atoms with Crippen molar-refractivity contribution < 1.29 is 43.0 Å². The molecule has 0 aliphatic carbocycles. The van der Waals surface area contributed by atoms with Crippen LogP contribution >= 0.6 is 7.82 Å². The van der Waals surface area contributed by atoms with Crippen molar-refractivity contribution >= 4 is 19.8 Å². The van der Waals surface area contributed by atoms with Crippen LogP contribution in [-0.2, 0) is 27.9 Å². The van der Waals surface area contributed by atoms with E-state index in [-0.39, 0.29) is 6.42 Å². The van der Waals surface area contributed by atoms with Crippen LogP contribution < -0.4 is 5.73 Å². The Morgan fingerprint density at radius 3 is 1.94 bits per heavy atom. The molecule has 0 spiro atoms. The van der Waals surface area contributed by atoms with Gasteiger partial charge in [0.2, 0.25) is 0 Å². The number of carboxylic acids is 1. The van der Waals surface area contributed by atoms with E-state index >= 15 is 0 Å². The zero-order chi connectivity index (χ0) is 26.4. The van der Waals surface area contributed by atoms with Gasteiger partial charge in [0.15, 0.2) is 0 Å². The second-order valence-electron chi connectivity index (χ2n) is 8.68. The molecule has 0 amide bonds. The number of nitrogens with two attached hydrogens (primary N) is 1. The summed E-state index contributed by atoms with van der Waals surface area (Å²) in [5.41, 5.74) is 5.15. The molecule has 0 aromatic rings. The number of rotatable bonds is 24. The van der Waals surface area contributed by atoms with Crippen molar-refractivity contribution in [3.63, 3.8) is 0 Å². The van der Waals surface area contributed by atoms with Gasteiger partial charge in [0.25, 0.3) is 0 Å². The van der Waals surface area contributed by atoms with Crippen LogP contribution in [0.4, 0.5) is 0 Å². The molecule has 0 rings (SSSR count). The fourth-order valence-electron chi connectivity index (χ4n) is 3.11. The molecule has 0 fully saturated rings. The van der Waals surface area contributed by atoms with E-state index in [1.165, 1.54) is 44.9 Å². The van der Waals surface area contributed by atoms with E-state index in [1.807, 2.05) is 0 Å². The largest absolute Gasteiger partial charge is 0.480 e. The van der Waals surface area contributed by atoms with Crippen LogP contribution in [0, 0.1) is 0 Å². The van der Waals surface area contributed by atoms with Crippen LogP contribution in [0.15, 0.2) is 12.2 Å². The Labute approximate surface area is 209 Å². The number of ether oxygens (including phenoxy) is 1.